The zero-order valence-electron chi connectivity index (χ0n) is 14.0. The van der Waals surface area contributed by atoms with E-state index in [9.17, 15) is 24.0 Å². The number of hydrazine groups is 1. The van der Waals surface area contributed by atoms with Crippen molar-refractivity contribution in [3.05, 3.63) is 0 Å². The fraction of sp³-hybridized carbons (Fsp3) is 0.538. The molecule has 1 aliphatic heterocycles. The van der Waals surface area contributed by atoms with Crippen molar-refractivity contribution < 1.29 is 29.1 Å². The lowest BCUT2D eigenvalue weighted by molar-refractivity contribution is -0.163. The van der Waals surface area contributed by atoms with Gasteiger partial charge in [-0.2, -0.15) is 5.01 Å². The Morgan fingerprint density at radius 2 is 2.00 bits per heavy atom. The number of guanidine groups is 1. The molecule has 0 unspecified atom stereocenters. The number of nitrogens with one attached hydrogen (secondary N) is 3. The number of nitrogens with zero attached hydrogens (tertiary/aromatic N) is 2. The van der Waals surface area contributed by atoms with Crippen molar-refractivity contribution >= 4 is 35.7 Å². The number of urea groups is 1. The highest BCUT2D eigenvalue weighted by Crippen LogP contribution is 2.18. The number of aliphatic carboxylic acids is 1. The van der Waals surface area contributed by atoms with Crippen LogP contribution in [0.4, 0.5) is 4.79 Å². The number of carbonyl (C=O) groups excluding carboxylic acids is 4. The Kier molecular flexibility index (Phi) is 6.87. The predicted molar refractivity (Wildman–Crippen MR) is 86.1 cm³/mol. The van der Waals surface area contributed by atoms with Gasteiger partial charge in [0.05, 0.1) is 6.42 Å². The van der Waals surface area contributed by atoms with Gasteiger partial charge in [0.15, 0.2) is 5.96 Å². The summed E-state index contributed by atoms with van der Waals surface area (Å²) < 4.78 is 0. The first-order chi connectivity index (χ1) is 12.1. The van der Waals surface area contributed by atoms with Crippen molar-refractivity contribution in [3.63, 3.8) is 0 Å². The lowest BCUT2D eigenvalue weighted by Gasteiger charge is -2.32. The van der Waals surface area contributed by atoms with Crippen LogP contribution < -0.4 is 22.1 Å². The molecule has 0 radical (unpaired) electrons. The minimum atomic E-state index is -1.70. The number of hydrogen-bond acceptors (Lipinski definition) is 6. The Balaban J connectivity index is 2.94. The van der Waals surface area contributed by atoms with E-state index in [1.54, 1.807) is 0 Å². The molecule has 0 bridgehead atoms. The summed E-state index contributed by atoms with van der Waals surface area (Å²) in [6.07, 6.45) is -0.314. The summed E-state index contributed by atoms with van der Waals surface area (Å²) in [5, 5.41) is 21.7. The molecule has 2 atom stereocenters. The minimum Gasteiger partial charge on any atom is -0.481 e. The molecule has 0 aromatic carbocycles. The molecule has 0 aromatic heterocycles. The van der Waals surface area contributed by atoms with Crippen LogP contribution in [-0.4, -0.2) is 69.4 Å². The molecule has 0 spiro atoms. The Hall–Kier alpha value is -3.38. The predicted octanol–water partition coefficient (Wildman–Crippen LogP) is -2.74. The highest BCUT2D eigenvalue weighted by Gasteiger charge is 2.46. The van der Waals surface area contributed by atoms with Crippen molar-refractivity contribution in [2.45, 2.75) is 38.3 Å². The standard InChI is InChI=1S/C13H21N7O6/c1-6(21)19(8(10(14)24)5-9(22)23)20-11(25)7(18-13(20)26)3-2-4-17-12(15)16/h7-8H,2-5H2,1H3,(H2,14,24)(H,18,26)(H,22,23)(H4,15,16,17)/t7-,8+/m1/s1. The van der Waals surface area contributed by atoms with E-state index in [0.29, 0.717) is 16.4 Å². The lowest BCUT2D eigenvalue weighted by atomic mass is 10.1. The molecule has 0 aliphatic carbocycles. The Labute approximate surface area is 148 Å². The maximum absolute atomic E-state index is 12.5. The van der Waals surface area contributed by atoms with Crippen molar-refractivity contribution in [3.8, 4) is 0 Å². The van der Waals surface area contributed by atoms with Crippen molar-refractivity contribution in [2.75, 3.05) is 6.54 Å². The molecular formula is C13H21N7O6. The maximum Gasteiger partial charge on any atom is 0.344 e. The number of hydrogen-bond donors (Lipinski definition) is 6. The Morgan fingerprint density at radius 3 is 2.46 bits per heavy atom. The molecule has 1 fully saturated rings. The van der Waals surface area contributed by atoms with E-state index in [0.717, 1.165) is 6.92 Å². The molecule has 1 rings (SSSR count). The van der Waals surface area contributed by atoms with Crippen LogP contribution in [0.1, 0.15) is 26.2 Å². The SMILES string of the molecule is CC(=O)N([C@@H](CC(=O)O)C(N)=O)N1C(=O)N[C@H](CCCNC(=N)N)C1=O. The van der Waals surface area contributed by atoms with E-state index in [4.69, 9.17) is 22.0 Å². The van der Waals surface area contributed by atoms with E-state index in [2.05, 4.69) is 10.6 Å². The Morgan fingerprint density at radius 1 is 1.38 bits per heavy atom. The number of carbonyl (C=O) groups is 5. The van der Waals surface area contributed by atoms with Gasteiger partial charge in [0.2, 0.25) is 11.8 Å². The van der Waals surface area contributed by atoms with Gasteiger partial charge in [0, 0.05) is 13.5 Å². The van der Waals surface area contributed by atoms with Gasteiger partial charge < -0.3 is 27.2 Å². The van der Waals surface area contributed by atoms with Crippen molar-refractivity contribution in [2.24, 2.45) is 11.5 Å². The van der Waals surface area contributed by atoms with Gasteiger partial charge in [-0.3, -0.25) is 24.6 Å². The normalized spacial score (nSPS) is 17.4. The van der Waals surface area contributed by atoms with Crippen LogP contribution in [0.5, 0.6) is 0 Å². The van der Waals surface area contributed by atoms with E-state index < -0.39 is 48.2 Å². The van der Waals surface area contributed by atoms with Crippen molar-refractivity contribution in [1.82, 2.24) is 20.7 Å². The smallest absolute Gasteiger partial charge is 0.344 e. The number of nitrogens with two attached hydrogens (primary N) is 2. The summed E-state index contributed by atoms with van der Waals surface area (Å²) in [6, 6.07) is -3.64. The number of primary amides is 1. The average Bonchev–Trinajstić information content (AvgIpc) is 2.77. The van der Waals surface area contributed by atoms with Gasteiger partial charge >= 0.3 is 12.0 Å². The number of carboxylic acids is 1. The molecule has 13 nitrogen and oxygen atoms in total. The van der Waals surface area contributed by atoms with Gasteiger partial charge in [-0.25, -0.2) is 9.80 Å². The molecule has 13 heteroatoms. The number of amides is 5. The molecule has 5 amide bonds. The topological polar surface area (TPSA) is 212 Å². The minimum absolute atomic E-state index is 0.174. The fourth-order valence-electron chi connectivity index (χ4n) is 2.42. The van der Waals surface area contributed by atoms with Gasteiger partial charge in [0.1, 0.15) is 12.1 Å². The molecule has 26 heavy (non-hydrogen) atoms. The van der Waals surface area contributed by atoms with Crippen LogP contribution >= 0.6 is 0 Å². The maximum atomic E-state index is 12.5. The van der Waals surface area contributed by atoms with Gasteiger partial charge in [0.25, 0.3) is 5.91 Å². The molecular weight excluding hydrogens is 350 g/mol. The summed E-state index contributed by atoms with van der Waals surface area (Å²) in [7, 11) is 0. The largest absolute Gasteiger partial charge is 0.481 e. The molecule has 1 saturated heterocycles. The van der Waals surface area contributed by atoms with Crippen LogP contribution in [0.25, 0.3) is 0 Å². The Bertz CT molecular complexity index is 636. The monoisotopic (exact) mass is 371 g/mol. The van der Waals surface area contributed by atoms with Gasteiger partial charge in [-0.15, -0.1) is 0 Å². The van der Waals surface area contributed by atoms with Crippen LogP contribution in [-0.2, 0) is 19.2 Å². The van der Waals surface area contributed by atoms with Crippen molar-refractivity contribution in [1.29, 1.82) is 5.41 Å². The third-order valence-electron chi connectivity index (χ3n) is 3.51. The molecule has 8 N–H and O–H groups in total. The summed E-state index contributed by atoms with van der Waals surface area (Å²) in [5.74, 6) is -4.55. The second-order valence-corrected chi connectivity index (χ2v) is 5.51. The third kappa shape index (κ3) is 5.06. The zero-order valence-corrected chi connectivity index (χ0v) is 14.0. The summed E-state index contributed by atoms with van der Waals surface area (Å²) in [6.45, 7) is 1.26. The van der Waals surface area contributed by atoms with Gasteiger partial charge in [-0.1, -0.05) is 0 Å². The number of imide groups is 1. The number of carboxylic acid groups (broad SMARTS) is 1. The van der Waals surface area contributed by atoms with E-state index in [-0.39, 0.29) is 18.9 Å². The molecule has 0 saturated carbocycles. The summed E-state index contributed by atoms with van der Waals surface area (Å²) >= 11 is 0. The first kappa shape index (κ1) is 20.7. The van der Waals surface area contributed by atoms with E-state index in [1.807, 2.05) is 0 Å². The zero-order chi connectivity index (χ0) is 20.0. The van der Waals surface area contributed by atoms with Gasteiger partial charge in [-0.05, 0) is 12.8 Å². The highest BCUT2D eigenvalue weighted by molar-refractivity contribution is 6.06. The first-order valence-electron chi connectivity index (χ1n) is 7.59. The summed E-state index contributed by atoms with van der Waals surface area (Å²) in [5.41, 5.74) is 10.3. The van der Waals surface area contributed by atoms with Crippen LogP contribution in [0.2, 0.25) is 0 Å². The second kappa shape index (κ2) is 8.64. The fourth-order valence-corrected chi connectivity index (χ4v) is 2.42. The summed E-state index contributed by atoms with van der Waals surface area (Å²) in [4.78, 5) is 59.0. The average molecular weight is 371 g/mol. The molecule has 0 aromatic rings. The molecule has 1 heterocycles. The number of rotatable bonds is 9. The van der Waals surface area contributed by atoms with Crippen LogP contribution in [0.15, 0.2) is 0 Å². The first-order valence-corrected chi connectivity index (χ1v) is 7.59. The lowest BCUT2D eigenvalue weighted by Crippen LogP contribution is -2.58. The van der Waals surface area contributed by atoms with E-state index in [1.165, 1.54) is 0 Å². The highest BCUT2D eigenvalue weighted by atomic mass is 16.4. The van der Waals surface area contributed by atoms with Crippen LogP contribution in [0.3, 0.4) is 0 Å². The van der Waals surface area contributed by atoms with Crippen LogP contribution in [0, 0.1) is 5.41 Å². The molecule has 1 aliphatic rings. The second-order valence-electron chi connectivity index (χ2n) is 5.51. The third-order valence-corrected chi connectivity index (χ3v) is 3.51. The quantitative estimate of drug-likeness (QED) is 0.108. The van der Waals surface area contributed by atoms with E-state index >= 15 is 0 Å². The molecule has 144 valence electrons.